The predicted octanol–water partition coefficient (Wildman–Crippen LogP) is 2.85. The summed E-state index contributed by atoms with van der Waals surface area (Å²) in [6, 6.07) is 18.2. The Morgan fingerprint density at radius 2 is 1.82 bits per heavy atom. The minimum absolute atomic E-state index is 0.213. The Bertz CT molecular complexity index is 1360. The van der Waals surface area contributed by atoms with E-state index in [1.165, 1.54) is 6.33 Å². The molecule has 5 rings (SSSR count). The highest BCUT2D eigenvalue weighted by Gasteiger charge is 2.31. The van der Waals surface area contributed by atoms with Gasteiger partial charge in [0.15, 0.2) is 11.5 Å². The van der Waals surface area contributed by atoms with Crippen LogP contribution in [0.15, 0.2) is 72.2 Å². The van der Waals surface area contributed by atoms with E-state index in [2.05, 4.69) is 75.3 Å². The Morgan fingerprint density at radius 3 is 2.64 bits per heavy atom. The van der Waals surface area contributed by atoms with Gasteiger partial charge in [-0.2, -0.15) is 0 Å². The lowest BCUT2D eigenvalue weighted by Gasteiger charge is -2.37. The van der Waals surface area contributed by atoms with E-state index in [0.717, 1.165) is 21.8 Å². The molecule has 4 aromatic rings. The van der Waals surface area contributed by atoms with Gasteiger partial charge in [-0.3, -0.25) is 4.99 Å². The maximum atomic E-state index is 6.25. The van der Waals surface area contributed by atoms with Gasteiger partial charge in [0.25, 0.3) is 0 Å². The van der Waals surface area contributed by atoms with Crippen LogP contribution < -0.4 is 20.8 Å². The van der Waals surface area contributed by atoms with Crippen molar-refractivity contribution in [2.75, 3.05) is 16.8 Å². The Hall–Kier alpha value is -3.78. The summed E-state index contributed by atoms with van der Waals surface area (Å²) in [5.41, 5.74) is 2.12. The number of hydrogen-bond acceptors (Lipinski definition) is 7. The lowest BCUT2D eigenvalue weighted by atomic mass is 10.1. The molecule has 2 N–H and O–H groups in total. The SMILES string of the molecule is CC(C)(C)OCC(Nc1ncnc2nc[nH]c12)C1N=c2ccccc2=CN1c1ccccc1. The first-order valence-corrected chi connectivity index (χ1v) is 11.0. The fourth-order valence-corrected chi connectivity index (χ4v) is 3.85. The molecule has 2 aromatic carbocycles. The summed E-state index contributed by atoms with van der Waals surface area (Å²) < 4.78 is 6.25. The van der Waals surface area contributed by atoms with Crippen molar-refractivity contribution in [3.05, 3.63) is 77.8 Å². The standard InChI is InChI=1S/C25H27N7O/c1-25(2,3)33-14-20(30-23-21-22(27-15-26-21)28-16-29-23)24-31-19-12-8-7-9-17(19)13-32(24)18-10-5-4-6-11-18/h4-13,15-16,20,24H,14H2,1-3H3,(H2,26,27,28,29,30). The zero-order chi connectivity index (χ0) is 22.8. The predicted molar refractivity (Wildman–Crippen MR) is 129 cm³/mol. The second kappa shape index (κ2) is 8.63. The lowest BCUT2D eigenvalue weighted by molar-refractivity contribution is -0.00988. The van der Waals surface area contributed by atoms with Crippen molar-refractivity contribution >= 4 is 28.9 Å². The molecule has 2 aromatic heterocycles. The first-order chi connectivity index (χ1) is 16.0. The molecular weight excluding hydrogens is 414 g/mol. The van der Waals surface area contributed by atoms with E-state index in [1.54, 1.807) is 6.33 Å². The van der Waals surface area contributed by atoms with E-state index >= 15 is 0 Å². The van der Waals surface area contributed by atoms with Crippen LogP contribution in [0.4, 0.5) is 11.5 Å². The molecule has 0 spiro atoms. The van der Waals surface area contributed by atoms with Crippen LogP contribution >= 0.6 is 0 Å². The Balaban J connectivity index is 1.59. The molecule has 0 bridgehead atoms. The highest BCUT2D eigenvalue weighted by atomic mass is 16.5. The third-order valence-electron chi connectivity index (χ3n) is 5.43. The van der Waals surface area contributed by atoms with Crippen LogP contribution in [0, 0.1) is 0 Å². The maximum Gasteiger partial charge on any atom is 0.182 e. The number of rotatable bonds is 6. The minimum Gasteiger partial charge on any atom is -0.374 e. The summed E-state index contributed by atoms with van der Waals surface area (Å²) in [5.74, 6) is 0.669. The van der Waals surface area contributed by atoms with Gasteiger partial charge in [-0.15, -0.1) is 0 Å². The number of fused-ring (bicyclic) bond motifs is 2. The molecule has 8 heteroatoms. The highest BCUT2D eigenvalue weighted by Crippen LogP contribution is 2.25. The molecule has 3 heterocycles. The van der Waals surface area contributed by atoms with E-state index in [9.17, 15) is 0 Å². The Kier molecular flexibility index (Phi) is 5.51. The van der Waals surface area contributed by atoms with Crippen molar-refractivity contribution in [3.63, 3.8) is 0 Å². The zero-order valence-corrected chi connectivity index (χ0v) is 18.9. The largest absolute Gasteiger partial charge is 0.374 e. The number of para-hydroxylation sites is 2. The quantitative estimate of drug-likeness (QED) is 0.478. The van der Waals surface area contributed by atoms with Crippen LogP contribution in [-0.2, 0) is 4.74 Å². The number of nitrogens with zero attached hydrogens (tertiary/aromatic N) is 5. The normalized spacial score (nSPS) is 16.6. The number of hydrogen-bond donors (Lipinski definition) is 2. The molecule has 0 aliphatic carbocycles. The van der Waals surface area contributed by atoms with Gasteiger partial charge >= 0.3 is 0 Å². The van der Waals surface area contributed by atoms with Gasteiger partial charge in [-0.25, -0.2) is 15.0 Å². The molecule has 0 saturated carbocycles. The molecule has 0 amide bonds. The number of aromatic nitrogens is 4. The summed E-state index contributed by atoms with van der Waals surface area (Å²) in [4.78, 5) is 23.5. The van der Waals surface area contributed by atoms with Crippen molar-refractivity contribution in [1.82, 2.24) is 19.9 Å². The lowest BCUT2D eigenvalue weighted by Crippen LogP contribution is -2.52. The summed E-state index contributed by atoms with van der Waals surface area (Å²) in [6.07, 6.45) is 5.02. The summed E-state index contributed by atoms with van der Waals surface area (Å²) >= 11 is 0. The number of benzene rings is 2. The molecule has 0 fully saturated rings. The van der Waals surface area contributed by atoms with Gasteiger partial charge in [0, 0.05) is 17.1 Å². The highest BCUT2D eigenvalue weighted by molar-refractivity contribution is 5.82. The molecule has 2 atom stereocenters. The van der Waals surface area contributed by atoms with E-state index in [4.69, 9.17) is 9.73 Å². The molecule has 0 saturated heterocycles. The molecule has 2 unspecified atom stereocenters. The Labute approximate surface area is 192 Å². The molecule has 168 valence electrons. The van der Waals surface area contributed by atoms with Crippen LogP contribution in [0.25, 0.3) is 17.4 Å². The maximum absolute atomic E-state index is 6.25. The average Bonchev–Trinajstić information content (AvgIpc) is 3.31. The van der Waals surface area contributed by atoms with Gasteiger partial charge in [0.1, 0.15) is 18.0 Å². The van der Waals surface area contributed by atoms with Gasteiger partial charge < -0.3 is 19.9 Å². The first-order valence-electron chi connectivity index (χ1n) is 11.0. The fourth-order valence-electron chi connectivity index (χ4n) is 3.85. The van der Waals surface area contributed by atoms with Gasteiger partial charge in [-0.05, 0) is 39.0 Å². The van der Waals surface area contributed by atoms with E-state index in [0.29, 0.717) is 18.1 Å². The van der Waals surface area contributed by atoms with Crippen molar-refractivity contribution in [1.29, 1.82) is 0 Å². The van der Waals surface area contributed by atoms with Crippen molar-refractivity contribution in [2.24, 2.45) is 4.99 Å². The van der Waals surface area contributed by atoms with E-state index < -0.39 is 0 Å². The number of imidazole rings is 1. The molecule has 0 radical (unpaired) electrons. The third kappa shape index (κ3) is 4.56. The third-order valence-corrected chi connectivity index (χ3v) is 5.43. The second-order valence-electron chi connectivity index (χ2n) is 8.97. The topological polar surface area (TPSA) is 91.3 Å². The number of H-pyrrole nitrogens is 1. The fraction of sp³-hybridized carbons (Fsp3) is 0.280. The van der Waals surface area contributed by atoms with E-state index in [1.807, 2.05) is 36.4 Å². The van der Waals surface area contributed by atoms with Gasteiger partial charge in [-0.1, -0.05) is 36.4 Å². The van der Waals surface area contributed by atoms with Crippen LogP contribution in [0.2, 0.25) is 0 Å². The number of aromatic amines is 1. The first kappa shape index (κ1) is 21.1. The summed E-state index contributed by atoms with van der Waals surface area (Å²) in [7, 11) is 0. The van der Waals surface area contributed by atoms with Crippen LogP contribution in [-0.4, -0.2) is 44.4 Å². The van der Waals surface area contributed by atoms with Crippen molar-refractivity contribution < 1.29 is 4.74 Å². The van der Waals surface area contributed by atoms with Crippen LogP contribution in [0.3, 0.4) is 0 Å². The van der Waals surface area contributed by atoms with E-state index in [-0.39, 0.29) is 17.8 Å². The molecule has 33 heavy (non-hydrogen) atoms. The molecule has 1 aliphatic heterocycles. The average molecular weight is 442 g/mol. The van der Waals surface area contributed by atoms with Gasteiger partial charge in [0.05, 0.1) is 29.9 Å². The molecule has 1 aliphatic rings. The number of nitrogens with one attached hydrogen (secondary N) is 2. The van der Waals surface area contributed by atoms with Crippen LogP contribution in [0.5, 0.6) is 0 Å². The number of anilines is 2. The Morgan fingerprint density at radius 1 is 1.03 bits per heavy atom. The molecular formula is C25H27N7O. The van der Waals surface area contributed by atoms with Crippen molar-refractivity contribution in [3.8, 4) is 0 Å². The van der Waals surface area contributed by atoms with Crippen molar-refractivity contribution in [2.45, 2.75) is 38.6 Å². The zero-order valence-electron chi connectivity index (χ0n) is 18.9. The monoisotopic (exact) mass is 441 g/mol. The summed E-state index contributed by atoms with van der Waals surface area (Å²) in [5, 5.41) is 5.60. The smallest absolute Gasteiger partial charge is 0.182 e. The number of ether oxygens (including phenoxy) is 1. The second-order valence-corrected chi connectivity index (χ2v) is 8.97. The van der Waals surface area contributed by atoms with Crippen LogP contribution in [0.1, 0.15) is 20.8 Å². The minimum atomic E-state index is -0.303. The summed E-state index contributed by atoms with van der Waals surface area (Å²) in [6.45, 7) is 6.58. The molecule has 8 nitrogen and oxygen atoms in total. The van der Waals surface area contributed by atoms with Gasteiger partial charge in [0.2, 0.25) is 0 Å².